The Balaban J connectivity index is 0.00000400. The highest BCUT2D eigenvalue weighted by atomic mass is 35.5. The molecule has 3 aromatic carbocycles. The molecular formula is C32H46Cl2N2O3S. The van der Waals surface area contributed by atoms with E-state index in [1.54, 1.807) is 21.3 Å². The Bertz CT molecular complexity index is 1070. The summed E-state index contributed by atoms with van der Waals surface area (Å²) in [5.74, 6) is 4.88. The van der Waals surface area contributed by atoms with Crippen LogP contribution in [0.4, 0.5) is 0 Å². The third kappa shape index (κ3) is 12.6. The Hall–Kier alpha value is -2.09. The van der Waals surface area contributed by atoms with E-state index in [-0.39, 0.29) is 24.8 Å². The highest BCUT2D eigenvalue weighted by molar-refractivity contribution is 7.99. The Morgan fingerprint density at radius 3 is 2.12 bits per heavy atom. The molecular weight excluding hydrogens is 563 g/mol. The summed E-state index contributed by atoms with van der Waals surface area (Å²) < 4.78 is 16.8. The summed E-state index contributed by atoms with van der Waals surface area (Å²) in [6, 6.07) is 23.2. The van der Waals surface area contributed by atoms with E-state index in [1.807, 2.05) is 30.0 Å². The number of nitrogens with one attached hydrogen (secondary N) is 2. The molecule has 0 fully saturated rings. The molecule has 0 saturated heterocycles. The number of thioether (sulfide) groups is 1. The molecule has 0 aliphatic rings. The first-order valence-corrected chi connectivity index (χ1v) is 14.8. The highest BCUT2D eigenvalue weighted by Crippen LogP contribution is 2.34. The number of aryl methyl sites for hydroxylation is 1. The van der Waals surface area contributed by atoms with E-state index < -0.39 is 0 Å². The number of hydrogen-bond acceptors (Lipinski definition) is 6. The smallest absolute Gasteiger partial charge is 0.164 e. The zero-order chi connectivity index (χ0) is 26.8. The summed E-state index contributed by atoms with van der Waals surface area (Å²) in [5, 5.41) is 7.18. The molecule has 0 aliphatic heterocycles. The van der Waals surface area contributed by atoms with Gasteiger partial charge in [0.1, 0.15) is 5.75 Å². The zero-order valence-electron chi connectivity index (χ0n) is 24.1. The lowest BCUT2D eigenvalue weighted by Gasteiger charge is -2.17. The first kappa shape index (κ1) is 35.9. The van der Waals surface area contributed by atoms with Gasteiger partial charge in [0.05, 0.1) is 21.3 Å². The predicted octanol–water partition coefficient (Wildman–Crippen LogP) is 6.43. The van der Waals surface area contributed by atoms with Gasteiger partial charge in [-0.15, -0.1) is 24.8 Å². The second-order valence-corrected chi connectivity index (χ2v) is 10.5. The minimum atomic E-state index is 0. The van der Waals surface area contributed by atoms with Gasteiger partial charge in [-0.2, -0.15) is 11.8 Å². The van der Waals surface area contributed by atoms with Crippen molar-refractivity contribution in [3.8, 4) is 17.2 Å². The molecule has 222 valence electrons. The molecule has 0 aliphatic carbocycles. The fraction of sp³-hybridized carbons (Fsp3) is 0.438. The van der Waals surface area contributed by atoms with Gasteiger partial charge in [-0.3, -0.25) is 0 Å². The van der Waals surface area contributed by atoms with Crippen LogP contribution in [0.3, 0.4) is 0 Å². The quantitative estimate of drug-likeness (QED) is 0.153. The Kier molecular flexibility index (Phi) is 19.4. The number of rotatable bonds is 19. The predicted molar refractivity (Wildman–Crippen MR) is 176 cm³/mol. The fourth-order valence-corrected chi connectivity index (χ4v) is 5.37. The number of methoxy groups -OCH3 is 3. The van der Waals surface area contributed by atoms with E-state index in [0.717, 1.165) is 74.9 Å². The number of ether oxygens (including phenoxy) is 3. The highest BCUT2D eigenvalue weighted by Gasteiger charge is 2.15. The SMILES string of the molecule is COc1cccc(CCc2c(CCNCCCSCCNCCc3ccccc3)ccc(OC)c2OC)c1.Cl.Cl. The van der Waals surface area contributed by atoms with Crippen LogP contribution < -0.4 is 24.8 Å². The lowest BCUT2D eigenvalue weighted by molar-refractivity contribution is 0.351. The molecule has 0 spiro atoms. The van der Waals surface area contributed by atoms with Crippen molar-refractivity contribution >= 4 is 36.6 Å². The summed E-state index contributed by atoms with van der Waals surface area (Å²) in [5.41, 5.74) is 5.19. The second-order valence-electron chi connectivity index (χ2n) is 9.24. The van der Waals surface area contributed by atoms with Crippen LogP contribution in [0.25, 0.3) is 0 Å². The Morgan fingerprint density at radius 2 is 1.38 bits per heavy atom. The second kappa shape index (κ2) is 21.6. The van der Waals surface area contributed by atoms with Crippen molar-refractivity contribution < 1.29 is 14.2 Å². The van der Waals surface area contributed by atoms with Crippen molar-refractivity contribution in [2.24, 2.45) is 0 Å². The van der Waals surface area contributed by atoms with Crippen LogP contribution >= 0.6 is 36.6 Å². The molecule has 8 heteroatoms. The largest absolute Gasteiger partial charge is 0.497 e. The number of benzene rings is 3. The van der Waals surface area contributed by atoms with Crippen molar-refractivity contribution in [3.63, 3.8) is 0 Å². The molecule has 5 nitrogen and oxygen atoms in total. The van der Waals surface area contributed by atoms with Crippen LogP contribution in [-0.2, 0) is 25.7 Å². The molecule has 0 heterocycles. The molecule has 2 N–H and O–H groups in total. The van der Waals surface area contributed by atoms with Crippen molar-refractivity contribution in [1.82, 2.24) is 10.6 Å². The van der Waals surface area contributed by atoms with E-state index in [4.69, 9.17) is 14.2 Å². The summed E-state index contributed by atoms with van der Waals surface area (Å²) in [6.45, 7) is 4.11. The van der Waals surface area contributed by atoms with Gasteiger partial charge in [-0.25, -0.2) is 0 Å². The molecule has 0 saturated carbocycles. The monoisotopic (exact) mass is 608 g/mol. The number of hydrogen-bond donors (Lipinski definition) is 2. The van der Waals surface area contributed by atoms with Crippen molar-refractivity contribution in [3.05, 3.63) is 89.0 Å². The molecule has 3 rings (SSSR count). The lowest BCUT2D eigenvalue weighted by Crippen LogP contribution is -2.21. The van der Waals surface area contributed by atoms with Crippen molar-refractivity contribution in [1.29, 1.82) is 0 Å². The molecule has 0 radical (unpaired) electrons. The molecule has 0 bridgehead atoms. The van der Waals surface area contributed by atoms with E-state index in [2.05, 4.69) is 59.2 Å². The van der Waals surface area contributed by atoms with Crippen molar-refractivity contribution in [2.75, 3.05) is 59.0 Å². The summed E-state index contributed by atoms with van der Waals surface area (Å²) in [7, 11) is 5.13. The average molecular weight is 610 g/mol. The van der Waals surface area contributed by atoms with Gasteiger partial charge in [-0.1, -0.05) is 48.5 Å². The fourth-order valence-electron chi connectivity index (χ4n) is 4.53. The first-order chi connectivity index (χ1) is 18.7. The minimum absolute atomic E-state index is 0. The average Bonchev–Trinajstić information content (AvgIpc) is 2.97. The normalized spacial score (nSPS) is 10.4. The molecule has 0 unspecified atom stereocenters. The van der Waals surface area contributed by atoms with Crippen LogP contribution in [0, 0.1) is 0 Å². The zero-order valence-corrected chi connectivity index (χ0v) is 26.5. The molecule has 0 atom stereocenters. The first-order valence-electron chi connectivity index (χ1n) is 13.6. The van der Waals surface area contributed by atoms with Gasteiger partial charge < -0.3 is 24.8 Å². The maximum absolute atomic E-state index is 5.79. The van der Waals surface area contributed by atoms with Gasteiger partial charge >= 0.3 is 0 Å². The third-order valence-corrected chi connectivity index (χ3v) is 7.68. The van der Waals surface area contributed by atoms with Crippen LogP contribution in [0.5, 0.6) is 17.2 Å². The van der Waals surface area contributed by atoms with E-state index in [0.29, 0.717) is 0 Å². The third-order valence-electron chi connectivity index (χ3n) is 6.61. The van der Waals surface area contributed by atoms with E-state index >= 15 is 0 Å². The van der Waals surface area contributed by atoms with Crippen LogP contribution in [-0.4, -0.2) is 59.0 Å². The van der Waals surface area contributed by atoms with Crippen LogP contribution in [0.2, 0.25) is 0 Å². The molecule has 40 heavy (non-hydrogen) atoms. The maximum atomic E-state index is 5.79. The summed E-state index contributed by atoms with van der Waals surface area (Å²) in [4.78, 5) is 0. The summed E-state index contributed by atoms with van der Waals surface area (Å²) >= 11 is 2.03. The van der Waals surface area contributed by atoms with Gasteiger partial charge in [0.25, 0.3) is 0 Å². The van der Waals surface area contributed by atoms with Gasteiger partial charge in [0.2, 0.25) is 0 Å². The molecule has 0 aromatic heterocycles. The topological polar surface area (TPSA) is 51.8 Å². The van der Waals surface area contributed by atoms with Gasteiger partial charge in [0, 0.05) is 17.9 Å². The lowest BCUT2D eigenvalue weighted by atomic mass is 9.96. The maximum Gasteiger partial charge on any atom is 0.164 e. The van der Waals surface area contributed by atoms with Gasteiger partial charge in [0.15, 0.2) is 11.5 Å². The van der Waals surface area contributed by atoms with E-state index in [9.17, 15) is 0 Å². The number of halogens is 2. The van der Waals surface area contributed by atoms with Crippen LogP contribution in [0.15, 0.2) is 66.7 Å². The van der Waals surface area contributed by atoms with Gasteiger partial charge in [-0.05, 0) is 92.4 Å². The van der Waals surface area contributed by atoms with Crippen LogP contribution in [0.1, 0.15) is 28.7 Å². The van der Waals surface area contributed by atoms with Crippen molar-refractivity contribution in [2.45, 2.75) is 32.1 Å². The Labute approximate surface area is 258 Å². The summed E-state index contributed by atoms with van der Waals surface area (Å²) in [6.07, 6.45) is 5.05. The molecule has 3 aromatic rings. The minimum Gasteiger partial charge on any atom is -0.497 e. The molecule has 0 amide bonds. The standard InChI is InChI=1S/C32H44N2O3S.2ClH/c1-35-29-12-7-11-27(25-29)13-15-30-28(14-16-31(36-2)32(30)37-3)18-21-33-19-8-23-38-24-22-34-20-17-26-9-5-4-6-10-26;;/h4-7,9-12,14,16,25,33-34H,8,13,15,17-24H2,1-3H3;2*1H. The Morgan fingerprint density at radius 1 is 0.625 bits per heavy atom. The van der Waals surface area contributed by atoms with E-state index in [1.165, 1.54) is 34.4 Å².